The normalized spacial score (nSPS) is 10.5. The summed E-state index contributed by atoms with van der Waals surface area (Å²) in [6, 6.07) is 7.49. The number of nitrogens with one attached hydrogen (secondary N) is 1. The van der Waals surface area contributed by atoms with E-state index in [2.05, 4.69) is 4.98 Å². The van der Waals surface area contributed by atoms with E-state index >= 15 is 0 Å². The third-order valence-corrected chi connectivity index (χ3v) is 3.49. The highest BCUT2D eigenvalue weighted by molar-refractivity contribution is 7.71. The van der Waals surface area contributed by atoms with Crippen LogP contribution in [0.25, 0.3) is 0 Å². The number of benzene rings is 1. The number of aromatic nitrogens is 2. The van der Waals surface area contributed by atoms with Gasteiger partial charge in [0.15, 0.2) is 4.77 Å². The Kier molecular flexibility index (Phi) is 4.07. The summed E-state index contributed by atoms with van der Waals surface area (Å²) in [5.74, 6) is -0.427. The van der Waals surface area contributed by atoms with Gasteiger partial charge in [-0.05, 0) is 29.9 Å². The van der Waals surface area contributed by atoms with Crippen LogP contribution in [-0.2, 0) is 18.2 Å². The summed E-state index contributed by atoms with van der Waals surface area (Å²) in [7, 11) is 3.15. The molecule has 0 bridgehead atoms. The molecule has 1 aromatic carbocycles. The maximum absolute atomic E-state index is 11.7. The lowest BCUT2D eigenvalue weighted by Crippen LogP contribution is -2.08. The second-order valence-corrected chi connectivity index (χ2v) is 4.93. The van der Waals surface area contributed by atoms with Crippen molar-refractivity contribution in [1.29, 1.82) is 0 Å². The Hall–Kier alpha value is -1.59. The molecule has 1 heterocycles. The number of H-pyrrole nitrogens is 1. The number of aromatic amines is 1. The highest BCUT2D eigenvalue weighted by atomic mass is 35.5. The van der Waals surface area contributed by atoms with Crippen molar-refractivity contribution in [3.63, 3.8) is 0 Å². The standard InChI is InChI=1S/C13H13ClN2O2S/c1-16-10(7-8-4-3-5-9(14)6-8)11(12(17)18-2)15-13(16)19/h3-6H,7H2,1-2H3,(H,15,19). The number of esters is 1. The van der Waals surface area contributed by atoms with Gasteiger partial charge in [0, 0.05) is 18.5 Å². The quantitative estimate of drug-likeness (QED) is 0.699. The van der Waals surface area contributed by atoms with Crippen LogP contribution in [0.4, 0.5) is 0 Å². The van der Waals surface area contributed by atoms with E-state index in [9.17, 15) is 4.79 Å². The SMILES string of the molecule is COC(=O)c1[nH]c(=S)n(C)c1Cc1cccc(Cl)c1. The molecule has 0 saturated heterocycles. The van der Waals surface area contributed by atoms with E-state index in [4.69, 9.17) is 28.6 Å². The number of ether oxygens (including phenoxy) is 1. The van der Waals surface area contributed by atoms with Gasteiger partial charge in [-0.2, -0.15) is 0 Å². The van der Waals surface area contributed by atoms with E-state index < -0.39 is 5.97 Å². The number of carbonyl (C=O) groups is 1. The van der Waals surface area contributed by atoms with Crippen molar-refractivity contribution >= 4 is 29.8 Å². The van der Waals surface area contributed by atoms with E-state index in [0.717, 1.165) is 11.3 Å². The molecule has 0 radical (unpaired) electrons. The van der Waals surface area contributed by atoms with Crippen molar-refractivity contribution < 1.29 is 9.53 Å². The lowest BCUT2D eigenvalue weighted by atomic mass is 10.1. The third kappa shape index (κ3) is 2.88. The summed E-state index contributed by atoms with van der Waals surface area (Å²) >= 11 is 11.1. The topological polar surface area (TPSA) is 47.0 Å². The van der Waals surface area contributed by atoms with Gasteiger partial charge in [-0.25, -0.2) is 4.79 Å². The summed E-state index contributed by atoms with van der Waals surface area (Å²) in [4.78, 5) is 14.6. The van der Waals surface area contributed by atoms with Crippen molar-refractivity contribution in [3.05, 3.63) is 51.0 Å². The molecule has 1 aromatic heterocycles. The number of hydrogen-bond acceptors (Lipinski definition) is 3. The molecule has 0 aliphatic rings. The van der Waals surface area contributed by atoms with Gasteiger partial charge in [-0.15, -0.1) is 0 Å². The first-order valence-corrected chi connectivity index (χ1v) is 6.42. The van der Waals surface area contributed by atoms with Crippen LogP contribution in [-0.4, -0.2) is 22.6 Å². The molecule has 0 spiro atoms. The zero-order valence-corrected chi connectivity index (χ0v) is 12.1. The fraction of sp³-hybridized carbons (Fsp3) is 0.231. The van der Waals surface area contributed by atoms with Crippen molar-refractivity contribution in [3.8, 4) is 0 Å². The van der Waals surface area contributed by atoms with Gasteiger partial charge in [0.25, 0.3) is 0 Å². The summed E-state index contributed by atoms with van der Waals surface area (Å²) < 4.78 is 7.00. The number of nitrogens with zero attached hydrogens (tertiary/aromatic N) is 1. The zero-order valence-electron chi connectivity index (χ0n) is 10.6. The molecule has 2 aromatic rings. The summed E-state index contributed by atoms with van der Waals surface area (Å²) in [5, 5.41) is 0.661. The van der Waals surface area contributed by atoms with Gasteiger partial charge in [-0.3, -0.25) is 0 Å². The molecule has 0 saturated carbocycles. The second-order valence-electron chi connectivity index (χ2n) is 4.11. The molecule has 0 fully saturated rings. The molecule has 0 aliphatic carbocycles. The van der Waals surface area contributed by atoms with Crippen LogP contribution in [0, 0.1) is 4.77 Å². The molecule has 6 heteroatoms. The van der Waals surface area contributed by atoms with Crippen LogP contribution in [0.2, 0.25) is 5.02 Å². The monoisotopic (exact) mass is 296 g/mol. The molecular formula is C13H13ClN2O2S. The highest BCUT2D eigenvalue weighted by Gasteiger charge is 2.17. The Morgan fingerprint density at radius 2 is 2.26 bits per heavy atom. The number of halogens is 1. The van der Waals surface area contributed by atoms with Crippen LogP contribution in [0.15, 0.2) is 24.3 Å². The first-order valence-electron chi connectivity index (χ1n) is 5.63. The van der Waals surface area contributed by atoms with E-state index in [-0.39, 0.29) is 0 Å². The van der Waals surface area contributed by atoms with E-state index in [1.165, 1.54) is 7.11 Å². The van der Waals surface area contributed by atoms with Crippen molar-refractivity contribution in [2.75, 3.05) is 7.11 Å². The molecule has 0 atom stereocenters. The lowest BCUT2D eigenvalue weighted by molar-refractivity contribution is 0.0593. The first-order chi connectivity index (χ1) is 9.02. The molecule has 4 nitrogen and oxygen atoms in total. The van der Waals surface area contributed by atoms with E-state index in [1.54, 1.807) is 4.57 Å². The predicted molar refractivity (Wildman–Crippen MR) is 76.2 cm³/mol. The number of rotatable bonds is 3. The average molecular weight is 297 g/mol. The zero-order chi connectivity index (χ0) is 14.0. The molecular weight excluding hydrogens is 284 g/mol. The molecule has 1 N–H and O–H groups in total. The summed E-state index contributed by atoms with van der Waals surface area (Å²) in [6.45, 7) is 0. The summed E-state index contributed by atoms with van der Waals surface area (Å²) in [5.41, 5.74) is 2.16. The number of imidazole rings is 1. The minimum atomic E-state index is -0.427. The Bertz CT molecular complexity index is 676. The first kappa shape index (κ1) is 13.8. The average Bonchev–Trinajstić information content (AvgIpc) is 2.66. The molecule has 2 rings (SSSR count). The van der Waals surface area contributed by atoms with Crippen LogP contribution in [0.3, 0.4) is 0 Å². The fourth-order valence-electron chi connectivity index (χ4n) is 1.87. The molecule has 100 valence electrons. The van der Waals surface area contributed by atoms with Crippen molar-refractivity contribution in [1.82, 2.24) is 9.55 Å². The smallest absolute Gasteiger partial charge is 0.356 e. The maximum Gasteiger partial charge on any atom is 0.356 e. The maximum atomic E-state index is 11.7. The minimum absolute atomic E-state index is 0.384. The fourth-order valence-corrected chi connectivity index (χ4v) is 2.30. The highest BCUT2D eigenvalue weighted by Crippen LogP contribution is 2.17. The van der Waals surface area contributed by atoms with Crippen LogP contribution >= 0.6 is 23.8 Å². The Labute approximate surface area is 121 Å². The number of methoxy groups -OCH3 is 1. The van der Waals surface area contributed by atoms with E-state index in [0.29, 0.717) is 21.9 Å². The third-order valence-electron chi connectivity index (χ3n) is 2.88. The lowest BCUT2D eigenvalue weighted by Gasteiger charge is -2.06. The molecule has 0 unspecified atom stereocenters. The van der Waals surface area contributed by atoms with Gasteiger partial charge in [0.2, 0.25) is 0 Å². The van der Waals surface area contributed by atoms with E-state index in [1.807, 2.05) is 31.3 Å². The summed E-state index contributed by atoms with van der Waals surface area (Å²) in [6.07, 6.45) is 0.550. The van der Waals surface area contributed by atoms with Gasteiger partial charge in [0.05, 0.1) is 12.8 Å². The molecule has 0 amide bonds. The van der Waals surface area contributed by atoms with Gasteiger partial charge >= 0.3 is 5.97 Å². The Balaban J connectivity index is 2.44. The van der Waals surface area contributed by atoms with Gasteiger partial charge in [0.1, 0.15) is 5.69 Å². The largest absolute Gasteiger partial charge is 0.464 e. The van der Waals surface area contributed by atoms with Gasteiger partial charge < -0.3 is 14.3 Å². The van der Waals surface area contributed by atoms with Crippen molar-refractivity contribution in [2.24, 2.45) is 7.05 Å². The Morgan fingerprint density at radius 1 is 1.53 bits per heavy atom. The molecule has 19 heavy (non-hydrogen) atoms. The second kappa shape index (κ2) is 5.59. The molecule has 0 aliphatic heterocycles. The minimum Gasteiger partial charge on any atom is -0.464 e. The number of carbonyl (C=O) groups excluding carboxylic acids is 1. The van der Waals surface area contributed by atoms with Crippen molar-refractivity contribution in [2.45, 2.75) is 6.42 Å². The van der Waals surface area contributed by atoms with Gasteiger partial charge in [-0.1, -0.05) is 23.7 Å². The number of hydrogen-bond donors (Lipinski definition) is 1. The van der Waals surface area contributed by atoms with Crippen LogP contribution in [0.1, 0.15) is 21.7 Å². The Morgan fingerprint density at radius 3 is 2.89 bits per heavy atom. The van der Waals surface area contributed by atoms with Crippen LogP contribution in [0.5, 0.6) is 0 Å². The predicted octanol–water partition coefficient (Wildman–Crippen LogP) is 3.11. The van der Waals surface area contributed by atoms with Crippen LogP contribution < -0.4 is 0 Å².